The first-order valence-electron chi connectivity index (χ1n) is 9.05. The Bertz CT molecular complexity index is 694. The van der Waals surface area contributed by atoms with Gasteiger partial charge in [0.25, 0.3) is 0 Å². The molecule has 0 saturated heterocycles. The van der Waals surface area contributed by atoms with Crippen LogP contribution in [0.15, 0.2) is 60.7 Å². The molecule has 36 heavy (non-hydrogen) atoms. The van der Waals surface area contributed by atoms with Gasteiger partial charge in [-0.15, -0.1) is 8.58 Å². The van der Waals surface area contributed by atoms with Crippen LogP contribution in [0.5, 0.6) is 0 Å². The minimum absolute atomic E-state index is 0. The fourth-order valence-corrected chi connectivity index (χ4v) is 5.64. The molecule has 0 fully saturated rings. The Morgan fingerprint density at radius 2 is 0.639 bits per heavy atom. The molecule has 0 aliphatic carbocycles. The maximum absolute atomic E-state index is 7.50. The molecular formula is C26H30Fe2O6P2. The zero-order valence-electron chi connectivity index (χ0n) is 20.9. The molecule has 2 rings (SSSR count). The average Bonchev–Trinajstić information content (AvgIpc) is 2.86. The molecule has 0 atom stereocenters. The maximum Gasteiger partial charge on any atom is 0 e. The molecule has 0 aliphatic rings. The van der Waals surface area contributed by atoms with Crippen molar-refractivity contribution in [2.75, 3.05) is 0 Å². The topological polar surface area (TPSA) is 119 Å². The van der Waals surface area contributed by atoms with Crippen LogP contribution in [-0.2, 0) is 62.1 Å². The third-order valence-corrected chi connectivity index (χ3v) is 5.33. The summed E-state index contributed by atoms with van der Waals surface area (Å²) in [6.45, 7) is 40.8. The Labute approximate surface area is 241 Å². The molecule has 0 heterocycles. The summed E-state index contributed by atoms with van der Waals surface area (Å²) in [4.78, 5) is 0. The Morgan fingerprint density at radius 1 is 0.444 bits per heavy atom. The SMILES string of the molecule is CC(C)(C)PC(C)(C)C.[C-]#[O+].[C-]#[O+].[C-]#[O+].[C-]#[O+].[C-]#[O+].[C-]#[O+].[Fe].[Fe].c1ccc(Pc2ccccc2)cc1. The molecule has 0 unspecified atom stereocenters. The van der Waals surface area contributed by atoms with Gasteiger partial charge in [0, 0.05) is 34.1 Å². The molecule has 0 N–H and O–H groups in total. The van der Waals surface area contributed by atoms with Crippen LogP contribution in [0.2, 0.25) is 0 Å². The summed E-state index contributed by atoms with van der Waals surface area (Å²) in [5.41, 5.74) is 0. The molecular weight excluding hydrogens is 582 g/mol. The van der Waals surface area contributed by atoms with Crippen LogP contribution >= 0.6 is 17.2 Å². The van der Waals surface area contributed by atoms with Crippen LogP contribution in [-0.4, -0.2) is 10.3 Å². The third kappa shape index (κ3) is 53.9. The van der Waals surface area contributed by atoms with Gasteiger partial charge in [-0.05, 0) is 20.9 Å². The molecule has 0 aliphatic heterocycles. The van der Waals surface area contributed by atoms with Crippen molar-refractivity contribution in [1.29, 1.82) is 0 Å². The molecule has 0 bridgehead atoms. The molecule has 0 aromatic heterocycles. The third-order valence-electron chi connectivity index (χ3n) is 2.59. The molecule has 196 valence electrons. The van der Waals surface area contributed by atoms with Crippen molar-refractivity contribution in [1.82, 2.24) is 0 Å². The smallest absolute Gasteiger partial charge is 0 e. The van der Waals surface area contributed by atoms with Gasteiger partial charge in [-0.3, -0.25) is 0 Å². The van der Waals surface area contributed by atoms with Gasteiger partial charge < -0.3 is 0 Å². The Kier molecular flexibility index (Phi) is 67.4. The van der Waals surface area contributed by atoms with Crippen molar-refractivity contribution >= 4 is 27.8 Å². The minimum atomic E-state index is 0. The van der Waals surface area contributed by atoms with Crippen molar-refractivity contribution < 1.29 is 62.1 Å². The van der Waals surface area contributed by atoms with Crippen LogP contribution in [0, 0.1) is 39.9 Å². The van der Waals surface area contributed by atoms with Crippen molar-refractivity contribution in [2.24, 2.45) is 0 Å². The number of rotatable bonds is 2. The van der Waals surface area contributed by atoms with E-state index in [1.54, 1.807) is 0 Å². The van der Waals surface area contributed by atoms with Crippen LogP contribution in [0.1, 0.15) is 41.5 Å². The second-order valence-corrected chi connectivity index (χ2v) is 12.1. The van der Waals surface area contributed by atoms with Crippen LogP contribution in [0.4, 0.5) is 0 Å². The number of hydrogen-bond acceptors (Lipinski definition) is 0. The molecule has 2 aromatic rings. The Balaban J connectivity index is -0.0000000505. The predicted molar refractivity (Wildman–Crippen MR) is 132 cm³/mol. The van der Waals surface area contributed by atoms with Gasteiger partial charge in [0.2, 0.25) is 0 Å². The zero-order chi connectivity index (χ0) is 28.6. The van der Waals surface area contributed by atoms with Gasteiger partial charge in [-0.2, -0.15) is 0 Å². The summed E-state index contributed by atoms with van der Waals surface area (Å²) in [6, 6.07) is 21.2. The van der Waals surface area contributed by atoms with E-state index in [9.17, 15) is 0 Å². The van der Waals surface area contributed by atoms with Gasteiger partial charge in [-0.1, -0.05) is 111 Å². The quantitative estimate of drug-likeness (QED) is 0.188. The van der Waals surface area contributed by atoms with Crippen LogP contribution < -0.4 is 10.6 Å². The molecule has 6 nitrogen and oxygen atoms in total. The van der Waals surface area contributed by atoms with Crippen molar-refractivity contribution in [3.8, 4) is 0 Å². The van der Waals surface area contributed by atoms with E-state index >= 15 is 0 Å². The van der Waals surface area contributed by atoms with Crippen LogP contribution in [0.25, 0.3) is 0 Å². The van der Waals surface area contributed by atoms with Gasteiger partial charge in [-0.25, -0.2) is 0 Å². The van der Waals surface area contributed by atoms with Crippen molar-refractivity contribution in [3.63, 3.8) is 0 Å². The first-order valence-corrected chi connectivity index (χ1v) is 11.0. The molecule has 10 heteroatoms. The molecule has 0 amide bonds. The maximum atomic E-state index is 7.50. The monoisotopic (exact) mass is 612 g/mol. The first kappa shape index (κ1) is 55.3. The normalized spacial score (nSPS) is 7.39. The van der Waals surface area contributed by atoms with Crippen LogP contribution in [0.3, 0.4) is 0 Å². The Morgan fingerprint density at radius 3 is 0.778 bits per heavy atom. The second-order valence-electron chi connectivity index (χ2n) is 7.48. The summed E-state index contributed by atoms with van der Waals surface area (Å²) in [5, 5.41) is 3.82. The standard InChI is InChI=1S/C12H11P.C8H19P.6CO.2Fe/c1-3-7-11(8-4-1)13-12-9-5-2-6-10-12;1-7(2,3)9-8(4,5)6;6*1-2;;/h1-10,13H;9H,1-6H3;;;;;;;;. The van der Waals surface area contributed by atoms with E-state index in [-0.39, 0.29) is 34.1 Å². The molecule has 2 aromatic carbocycles. The predicted octanol–water partition coefficient (Wildman–Crippen LogP) is 5.35. The van der Waals surface area contributed by atoms with Gasteiger partial charge in [0.1, 0.15) is 0 Å². The van der Waals surface area contributed by atoms with E-state index in [1.807, 2.05) is 0 Å². The van der Waals surface area contributed by atoms with Gasteiger partial charge >= 0.3 is 67.8 Å². The molecule has 0 saturated carbocycles. The fourth-order valence-electron chi connectivity index (χ4n) is 2.33. The second kappa shape index (κ2) is 43.8. The number of benzene rings is 2. The number of hydrogen-bond donors (Lipinski definition) is 0. The first-order chi connectivity index (χ1) is 16.2. The van der Waals surface area contributed by atoms with Gasteiger partial charge in [0.15, 0.2) is 0 Å². The Hall–Kier alpha value is -1.22. The van der Waals surface area contributed by atoms with E-state index in [0.29, 0.717) is 10.3 Å². The van der Waals surface area contributed by atoms with E-state index < -0.39 is 0 Å². The summed E-state index contributed by atoms with van der Waals surface area (Å²) in [6.07, 6.45) is 0. The van der Waals surface area contributed by atoms with Crippen molar-refractivity contribution in [2.45, 2.75) is 51.9 Å². The van der Waals surface area contributed by atoms with Crippen molar-refractivity contribution in [3.05, 3.63) is 101 Å². The summed E-state index contributed by atoms with van der Waals surface area (Å²) in [7, 11) is 1.83. The zero-order valence-corrected chi connectivity index (χ0v) is 25.1. The summed E-state index contributed by atoms with van der Waals surface area (Å²) >= 11 is 0. The summed E-state index contributed by atoms with van der Waals surface area (Å²) < 4.78 is 45.0. The van der Waals surface area contributed by atoms with E-state index in [0.717, 1.165) is 17.2 Å². The largest absolute Gasteiger partial charge is 0.0622 e. The minimum Gasteiger partial charge on any atom is -0.0622 e. The van der Waals surface area contributed by atoms with E-state index in [1.165, 1.54) is 10.6 Å². The molecule has 0 radical (unpaired) electrons. The average molecular weight is 612 g/mol. The summed E-state index contributed by atoms with van der Waals surface area (Å²) in [5.74, 6) is 0. The van der Waals surface area contributed by atoms with E-state index in [2.05, 4.69) is 142 Å². The van der Waals surface area contributed by atoms with Gasteiger partial charge in [0.05, 0.1) is 0 Å². The van der Waals surface area contributed by atoms with E-state index in [4.69, 9.17) is 27.9 Å². The fraction of sp³-hybridized carbons (Fsp3) is 0.308. The molecule has 0 spiro atoms.